The monoisotopic (exact) mass is 270 g/mol. The van der Waals surface area contributed by atoms with Gasteiger partial charge in [-0.05, 0) is 39.5 Å². The van der Waals surface area contributed by atoms with Crippen LogP contribution < -0.4 is 0 Å². The number of ether oxygens (including phenoxy) is 2. The SMILES string of the molecule is C/C=C(/CC(C)(C)C)C(=O)OCC(=O)OC(C)(C)C. The molecular formula is C15H26O4. The molecule has 19 heavy (non-hydrogen) atoms. The zero-order chi connectivity index (χ0) is 15.3. The summed E-state index contributed by atoms with van der Waals surface area (Å²) in [6.07, 6.45) is 2.33. The number of hydrogen-bond acceptors (Lipinski definition) is 4. The smallest absolute Gasteiger partial charge is 0.344 e. The number of carbonyl (C=O) groups is 2. The highest BCUT2D eigenvalue weighted by Gasteiger charge is 2.21. The number of esters is 2. The lowest BCUT2D eigenvalue weighted by molar-refractivity contribution is -0.165. The van der Waals surface area contributed by atoms with E-state index < -0.39 is 17.5 Å². The van der Waals surface area contributed by atoms with Gasteiger partial charge in [0.05, 0.1) is 0 Å². The number of carbonyl (C=O) groups excluding carboxylic acids is 2. The number of allylic oxidation sites excluding steroid dienone is 1. The van der Waals surface area contributed by atoms with E-state index in [2.05, 4.69) is 0 Å². The molecule has 0 amide bonds. The van der Waals surface area contributed by atoms with Crippen molar-refractivity contribution in [2.75, 3.05) is 6.61 Å². The van der Waals surface area contributed by atoms with Crippen molar-refractivity contribution in [2.45, 2.75) is 60.5 Å². The van der Waals surface area contributed by atoms with Gasteiger partial charge in [-0.3, -0.25) is 0 Å². The van der Waals surface area contributed by atoms with Crippen molar-refractivity contribution in [3.8, 4) is 0 Å². The van der Waals surface area contributed by atoms with Gasteiger partial charge in [0.1, 0.15) is 5.60 Å². The van der Waals surface area contributed by atoms with Gasteiger partial charge in [0.25, 0.3) is 0 Å². The van der Waals surface area contributed by atoms with Crippen molar-refractivity contribution in [2.24, 2.45) is 5.41 Å². The fourth-order valence-corrected chi connectivity index (χ4v) is 1.45. The third-order valence-electron chi connectivity index (χ3n) is 2.07. The second-order valence-electron chi connectivity index (χ2n) is 6.71. The topological polar surface area (TPSA) is 52.6 Å². The second-order valence-corrected chi connectivity index (χ2v) is 6.71. The van der Waals surface area contributed by atoms with Gasteiger partial charge in [0.2, 0.25) is 0 Å². The van der Waals surface area contributed by atoms with Crippen LogP contribution in [0.4, 0.5) is 0 Å². The Morgan fingerprint density at radius 3 is 1.95 bits per heavy atom. The highest BCUT2D eigenvalue weighted by molar-refractivity contribution is 5.89. The molecule has 0 aliphatic carbocycles. The predicted molar refractivity (Wildman–Crippen MR) is 74.6 cm³/mol. The average molecular weight is 270 g/mol. The predicted octanol–water partition coefficient (Wildman–Crippen LogP) is 3.25. The van der Waals surface area contributed by atoms with Crippen LogP contribution in [0.2, 0.25) is 0 Å². The van der Waals surface area contributed by atoms with Crippen molar-refractivity contribution >= 4 is 11.9 Å². The quantitative estimate of drug-likeness (QED) is 0.581. The summed E-state index contributed by atoms with van der Waals surface area (Å²) < 4.78 is 10.0. The van der Waals surface area contributed by atoms with Crippen LogP contribution >= 0.6 is 0 Å². The molecule has 0 spiro atoms. The van der Waals surface area contributed by atoms with Crippen LogP contribution in [0.15, 0.2) is 11.6 Å². The van der Waals surface area contributed by atoms with Gasteiger partial charge >= 0.3 is 11.9 Å². The molecule has 0 aliphatic heterocycles. The summed E-state index contributed by atoms with van der Waals surface area (Å²) in [5.41, 5.74) is 0.00142. The van der Waals surface area contributed by atoms with Crippen LogP contribution in [0, 0.1) is 5.41 Å². The van der Waals surface area contributed by atoms with Crippen LogP contribution in [-0.2, 0) is 19.1 Å². The van der Waals surface area contributed by atoms with Gasteiger partial charge in [0, 0.05) is 5.57 Å². The average Bonchev–Trinajstić information content (AvgIpc) is 2.18. The summed E-state index contributed by atoms with van der Waals surface area (Å²) >= 11 is 0. The molecule has 0 bridgehead atoms. The molecule has 0 N–H and O–H groups in total. The van der Waals surface area contributed by atoms with Crippen LogP contribution in [0.3, 0.4) is 0 Å². The maximum atomic E-state index is 11.8. The standard InChI is InChI=1S/C15H26O4/c1-8-11(9-14(2,3)4)13(17)18-10-12(16)19-15(5,6)7/h8H,9-10H2,1-7H3/b11-8-. The minimum Gasteiger partial charge on any atom is -0.457 e. The summed E-state index contributed by atoms with van der Waals surface area (Å²) in [6.45, 7) is 12.9. The first kappa shape index (κ1) is 17.7. The number of rotatable bonds is 4. The van der Waals surface area contributed by atoms with E-state index in [4.69, 9.17) is 9.47 Å². The maximum Gasteiger partial charge on any atom is 0.344 e. The molecule has 0 atom stereocenters. The normalized spacial score (nSPS) is 13.1. The van der Waals surface area contributed by atoms with Gasteiger partial charge in [0.15, 0.2) is 6.61 Å². The lowest BCUT2D eigenvalue weighted by Gasteiger charge is -2.21. The first-order valence-corrected chi connectivity index (χ1v) is 6.49. The molecule has 0 saturated carbocycles. The molecule has 4 heteroatoms. The van der Waals surface area contributed by atoms with E-state index in [1.807, 2.05) is 20.8 Å². The Morgan fingerprint density at radius 2 is 1.58 bits per heavy atom. The fourth-order valence-electron chi connectivity index (χ4n) is 1.45. The van der Waals surface area contributed by atoms with Gasteiger partial charge < -0.3 is 9.47 Å². The van der Waals surface area contributed by atoms with E-state index in [-0.39, 0.29) is 12.0 Å². The number of hydrogen-bond donors (Lipinski definition) is 0. The summed E-state index contributed by atoms with van der Waals surface area (Å²) in [4.78, 5) is 23.3. The first-order chi connectivity index (χ1) is 8.44. The van der Waals surface area contributed by atoms with Crippen molar-refractivity contribution in [1.29, 1.82) is 0 Å². The molecule has 0 fully saturated rings. The summed E-state index contributed by atoms with van der Waals surface area (Å²) in [6, 6.07) is 0. The summed E-state index contributed by atoms with van der Waals surface area (Å²) in [5.74, 6) is -0.990. The van der Waals surface area contributed by atoms with Gasteiger partial charge in [-0.15, -0.1) is 0 Å². The minimum atomic E-state index is -0.571. The highest BCUT2D eigenvalue weighted by Crippen LogP contribution is 2.24. The fraction of sp³-hybridized carbons (Fsp3) is 0.733. The second kappa shape index (κ2) is 6.73. The van der Waals surface area contributed by atoms with E-state index in [1.165, 1.54) is 0 Å². The molecule has 0 aromatic carbocycles. The largest absolute Gasteiger partial charge is 0.457 e. The van der Waals surface area contributed by atoms with Crippen LogP contribution in [-0.4, -0.2) is 24.1 Å². The third-order valence-corrected chi connectivity index (χ3v) is 2.07. The van der Waals surface area contributed by atoms with E-state index in [1.54, 1.807) is 33.8 Å². The zero-order valence-electron chi connectivity index (χ0n) is 13.1. The Labute approximate surface area is 116 Å². The van der Waals surface area contributed by atoms with Crippen molar-refractivity contribution in [3.05, 3.63) is 11.6 Å². The van der Waals surface area contributed by atoms with Crippen molar-refractivity contribution in [3.63, 3.8) is 0 Å². The first-order valence-electron chi connectivity index (χ1n) is 6.49. The molecule has 0 rings (SSSR count). The molecule has 0 unspecified atom stereocenters. The maximum absolute atomic E-state index is 11.8. The molecule has 110 valence electrons. The minimum absolute atomic E-state index is 0.00716. The van der Waals surface area contributed by atoms with Crippen molar-refractivity contribution in [1.82, 2.24) is 0 Å². The summed E-state index contributed by atoms with van der Waals surface area (Å²) in [5, 5.41) is 0. The van der Waals surface area contributed by atoms with Crippen LogP contribution in [0.25, 0.3) is 0 Å². The molecule has 0 aromatic rings. The van der Waals surface area contributed by atoms with Gasteiger partial charge in [-0.2, -0.15) is 0 Å². The third kappa shape index (κ3) is 9.28. The van der Waals surface area contributed by atoms with Gasteiger partial charge in [-0.1, -0.05) is 26.8 Å². The Bertz CT molecular complexity index is 353. The Morgan fingerprint density at radius 1 is 1.05 bits per heavy atom. The molecular weight excluding hydrogens is 244 g/mol. The molecule has 0 radical (unpaired) electrons. The molecule has 0 aliphatic rings. The van der Waals surface area contributed by atoms with E-state index in [0.717, 1.165) is 0 Å². The highest BCUT2D eigenvalue weighted by atomic mass is 16.6. The van der Waals surface area contributed by atoms with E-state index in [9.17, 15) is 9.59 Å². The van der Waals surface area contributed by atoms with E-state index in [0.29, 0.717) is 12.0 Å². The Balaban J connectivity index is 4.34. The lowest BCUT2D eigenvalue weighted by atomic mass is 9.88. The van der Waals surface area contributed by atoms with Crippen molar-refractivity contribution < 1.29 is 19.1 Å². The molecule has 0 saturated heterocycles. The molecule has 0 aromatic heterocycles. The molecule has 4 nitrogen and oxygen atoms in total. The molecule has 0 heterocycles. The van der Waals surface area contributed by atoms with Crippen LogP contribution in [0.1, 0.15) is 54.9 Å². The lowest BCUT2D eigenvalue weighted by Crippen LogP contribution is -2.28. The Kier molecular flexibility index (Phi) is 6.27. The van der Waals surface area contributed by atoms with Crippen LogP contribution in [0.5, 0.6) is 0 Å². The van der Waals surface area contributed by atoms with E-state index >= 15 is 0 Å². The summed E-state index contributed by atoms with van der Waals surface area (Å²) in [7, 11) is 0. The Hall–Kier alpha value is -1.32. The zero-order valence-corrected chi connectivity index (χ0v) is 13.1. The van der Waals surface area contributed by atoms with Gasteiger partial charge in [-0.25, -0.2) is 9.59 Å².